The zero-order valence-corrected chi connectivity index (χ0v) is 17.9. The highest BCUT2D eigenvalue weighted by Gasteiger charge is 2.16. The second kappa shape index (κ2) is 13.4. The summed E-state index contributed by atoms with van der Waals surface area (Å²) in [5.41, 5.74) is 7.78. The Balaban J connectivity index is 0.00000210. The fourth-order valence-electron chi connectivity index (χ4n) is 3.00. The predicted octanol–water partition coefficient (Wildman–Crippen LogP) is 2.56. The van der Waals surface area contributed by atoms with Crippen LogP contribution in [0.15, 0.2) is 54.6 Å². The van der Waals surface area contributed by atoms with Crippen molar-refractivity contribution in [2.45, 2.75) is 12.6 Å². The minimum atomic E-state index is -0.680. The van der Waals surface area contributed by atoms with Crippen LogP contribution in [0, 0.1) is 0 Å². The summed E-state index contributed by atoms with van der Waals surface area (Å²) in [6.07, 6.45) is 0. The number of hydrogen-bond donors (Lipinski definition) is 2. The Morgan fingerprint density at radius 2 is 1.72 bits per heavy atom. The van der Waals surface area contributed by atoms with Crippen molar-refractivity contribution in [2.24, 2.45) is 5.73 Å². The number of ether oxygens (including phenoxy) is 2. The second-order valence-corrected chi connectivity index (χ2v) is 6.52. The zero-order chi connectivity index (χ0) is 18.9. The molecule has 1 aliphatic rings. The average Bonchev–Trinajstić information content (AvgIpc) is 2.73. The van der Waals surface area contributed by atoms with Crippen LogP contribution in [-0.4, -0.2) is 50.3 Å². The minimum Gasteiger partial charge on any atom is -0.492 e. The van der Waals surface area contributed by atoms with Crippen LogP contribution in [0.3, 0.4) is 0 Å². The van der Waals surface area contributed by atoms with E-state index < -0.39 is 6.04 Å². The van der Waals surface area contributed by atoms with Gasteiger partial charge in [-0.05, 0) is 11.6 Å². The van der Waals surface area contributed by atoms with Gasteiger partial charge in [0.05, 0.1) is 13.2 Å². The van der Waals surface area contributed by atoms with E-state index >= 15 is 0 Å². The molecule has 0 aromatic heterocycles. The number of nitrogens with zero attached hydrogens (tertiary/aromatic N) is 1. The van der Waals surface area contributed by atoms with Gasteiger partial charge in [-0.3, -0.25) is 9.69 Å². The molecule has 0 saturated carbocycles. The molecule has 3 N–H and O–H groups in total. The quantitative estimate of drug-likeness (QED) is 0.657. The van der Waals surface area contributed by atoms with Gasteiger partial charge in [-0.2, -0.15) is 0 Å². The summed E-state index contributed by atoms with van der Waals surface area (Å²) in [6.45, 7) is 5.30. The predicted molar refractivity (Wildman–Crippen MR) is 119 cm³/mol. The van der Waals surface area contributed by atoms with Crippen LogP contribution in [0.25, 0.3) is 0 Å². The van der Waals surface area contributed by atoms with Gasteiger partial charge in [0.25, 0.3) is 0 Å². The van der Waals surface area contributed by atoms with E-state index in [4.69, 9.17) is 15.2 Å². The molecular formula is C21H29Cl2N3O3. The van der Waals surface area contributed by atoms with Gasteiger partial charge in [-0.15, -0.1) is 24.8 Å². The minimum absolute atomic E-state index is 0. The highest BCUT2D eigenvalue weighted by atomic mass is 35.5. The van der Waals surface area contributed by atoms with Crippen LogP contribution in [-0.2, 0) is 16.1 Å². The average molecular weight is 442 g/mol. The van der Waals surface area contributed by atoms with Crippen molar-refractivity contribution < 1.29 is 14.3 Å². The van der Waals surface area contributed by atoms with E-state index in [0.29, 0.717) is 13.2 Å². The molecule has 1 fully saturated rings. The smallest absolute Gasteiger partial charge is 0.241 e. The Morgan fingerprint density at radius 1 is 1.07 bits per heavy atom. The second-order valence-electron chi connectivity index (χ2n) is 6.52. The molecule has 2 aromatic carbocycles. The first-order valence-electron chi connectivity index (χ1n) is 9.33. The third-order valence-corrected chi connectivity index (χ3v) is 4.64. The van der Waals surface area contributed by atoms with Crippen molar-refractivity contribution in [2.75, 3.05) is 39.5 Å². The van der Waals surface area contributed by atoms with Crippen molar-refractivity contribution in [3.05, 3.63) is 65.7 Å². The molecule has 8 heteroatoms. The van der Waals surface area contributed by atoms with E-state index in [2.05, 4.69) is 10.2 Å². The molecule has 0 spiro atoms. The monoisotopic (exact) mass is 441 g/mol. The Labute approximate surface area is 184 Å². The molecule has 2 aromatic rings. The van der Waals surface area contributed by atoms with E-state index in [1.165, 1.54) is 0 Å². The maximum atomic E-state index is 12.4. The lowest BCUT2D eigenvalue weighted by molar-refractivity contribution is -0.122. The molecule has 6 nitrogen and oxygen atoms in total. The Hall–Kier alpha value is -1.83. The molecule has 1 saturated heterocycles. The van der Waals surface area contributed by atoms with E-state index in [0.717, 1.165) is 49.7 Å². The molecule has 1 unspecified atom stereocenters. The number of benzene rings is 2. The number of hydrogen-bond acceptors (Lipinski definition) is 5. The number of carbonyl (C=O) groups is 1. The highest BCUT2D eigenvalue weighted by Crippen LogP contribution is 2.18. The first-order chi connectivity index (χ1) is 13.2. The molecule has 1 aliphatic heterocycles. The van der Waals surface area contributed by atoms with Crippen LogP contribution in [0.1, 0.15) is 17.2 Å². The van der Waals surface area contributed by atoms with Gasteiger partial charge >= 0.3 is 0 Å². The number of amides is 1. The number of morpholine rings is 1. The molecule has 1 amide bonds. The van der Waals surface area contributed by atoms with Crippen molar-refractivity contribution in [1.29, 1.82) is 0 Å². The van der Waals surface area contributed by atoms with Crippen molar-refractivity contribution in [1.82, 2.24) is 10.2 Å². The number of nitrogens with one attached hydrogen (secondary N) is 1. The number of halogens is 2. The zero-order valence-electron chi connectivity index (χ0n) is 16.3. The summed E-state index contributed by atoms with van der Waals surface area (Å²) >= 11 is 0. The summed E-state index contributed by atoms with van der Waals surface area (Å²) in [7, 11) is 0. The molecular weight excluding hydrogens is 413 g/mol. The highest BCUT2D eigenvalue weighted by molar-refractivity contribution is 5.85. The summed E-state index contributed by atoms with van der Waals surface area (Å²) in [4.78, 5) is 14.7. The summed E-state index contributed by atoms with van der Waals surface area (Å²) < 4.78 is 11.3. The lowest BCUT2D eigenvalue weighted by Crippen LogP contribution is -2.38. The topological polar surface area (TPSA) is 76.8 Å². The van der Waals surface area contributed by atoms with E-state index in [9.17, 15) is 4.79 Å². The lowest BCUT2D eigenvalue weighted by Gasteiger charge is -2.26. The molecule has 0 bridgehead atoms. The van der Waals surface area contributed by atoms with Crippen LogP contribution in [0.2, 0.25) is 0 Å². The van der Waals surface area contributed by atoms with Gasteiger partial charge < -0.3 is 20.5 Å². The maximum Gasteiger partial charge on any atom is 0.241 e. The van der Waals surface area contributed by atoms with Crippen molar-refractivity contribution >= 4 is 30.7 Å². The number of para-hydroxylation sites is 1. The van der Waals surface area contributed by atoms with Crippen LogP contribution < -0.4 is 15.8 Å². The molecule has 0 radical (unpaired) electrons. The SMILES string of the molecule is Cl.Cl.NC(C(=O)NCc1ccccc1OCCN1CCOCC1)c1ccccc1. The van der Waals surface area contributed by atoms with Gasteiger partial charge in [-0.1, -0.05) is 48.5 Å². The fourth-order valence-corrected chi connectivity index (χ4v) is 3.00. The van der Waals surface area contributed by atoms with Gasteiger partial charge in [0.15, 0.2) is 0 Å². The number of nitrogens with two attached hydrogens (primary N) is 1. The molecule has 29 heavy (non-hydrogen) atoms. The first-order valence-corrected chi connectivity index (χ1v) is 9.33. The third-order valence-electron chi connectivity index (χ3n) is 4.64. The van der Waals surface area contributed by atoms with E-state index in [1.54, 1.807) is 0 Å². The maximum absolute atomic E-state index is 12.4. The molecule has 160 valence electrons. The normalized spacial score (nSPS) is 14.8. The Morgan fingerprint density at radius 3 is 2.45 bits per heavy atom. The number of carbonyl (C=O) groups excluding carboxylic acids is 1. The van der Waals surface area contributed by atoms with Crippen molar-refractivity contribution in [3.8, 4) is 5.75 Å². The Kier molecular flexibility index (Phi) is 11.7. The molecule has 0 aliphatic carbocycles. The molecule has 1 heterocycles. The lowest BCUT2D eigenvalue weighted by atomic mass is 10.1. The van der Waals surface area contributed by atoms with Gasteiger partial charge in [0, 0.05) is 31.7 Å². The van der Waals surface area contributed by atoms with E-state index in [-0.39, 0.29) is 30.7 Å². The van der Waals surface area contributed by atoms with Crippen molar-refractivity contribution in [3.63, 3.8) is 0 Å². The van der Waals surface area contributed by atoms with Gasteiger partial charge in [0.2, 0.25) is 5.91 Å². The molecule has 3 rings (SSSR count). The summed E-state index contributed by atoms with van der Waals surface area (Å²) in [5.74, 6) is 0.587. The largest absolute Gasteiger partial charge is 0.492 e. The summed E-state index contributed by atoms with van der Waals surface area (Å²) in [6, 6.07) is 16.4. The fraction of sp³-hybridized carbons (Fsp3) is 0.381. The standard InChI is InChI=1S/C21H27N3O3.2ClH/c22-20(17-6-2-1-3-7-17)21(25)23-16-18-8-4-5-9-19(18)27-15-12-24-10-13-26-14-11-24;;/h1-9,20H,10-16,22H2,(H,23,25);2*1H. The van der Waals surface area contributed by atoms with Crippen LogP contribution >= 0.6 is 24.8 Å². The third kappa shape index (κ3) is 7.84. The molecule has 1 atom stereocenters. The van der Waals surface area contributed by atoms with Crippen LogP contribution in [0.4, 0.5) is 0 Å². The first kappa shape index (κ1) is 25.2. The van der Waals surface area contributed by atoms with E-state index in [1.807, 2.05) is 54.6 Å². The summed E-state index contributed by atoms with van der Waals surface area (Å²) in [5, 5.41) is 2.91. The van der Waals surface area contributed by atoms with Gasteiger partial charge in [0.1, 0.15) is 18.4 Å². The number of rotatable bonds is 8. The van der Waals surface area contributed by atoms with Crippen LogP contribution in [0.5, 0.6) is 5.75 Å². The van der Waals surface area contributed by atoms with Gasteiger partial charge in [-0.25, -0.2) is 0 Å². The Bertz CT molecular complexity index is 728.